The van der Waals surface area contributed by atoms with Crippen LogP contribution >= 0.6 is 0 Å². The molecule has 152 valence electrons. The van der Waals surface area contributed by atoms with Crippen LogP contribution in [0.5, 0.6) is 5.75 Å². The molecule has 0 radical (unpaired) electrons. The predicted molar refractivity (Wildman–Crippen MR) is 116 cm³/mol. The van der Waals surface area contributed by atoms with Crippen LogP contribution in [0.4, 0.5) is 10.5 Å². The third kappa shape index (κ3) is 4.56. The van der Waals surface area contributed by atoms with Crippen molar-refractivity contribution in [2.75, 3.05) is 5.32 Å². The van der Waals surface area contributed by atoms with Gasteiger partial charge in [-0.25, -0.2) is 4.79 Å². The number of hydrogen-bond acceptors (Lipinski definition) is 3. The highest BCUT2D eigenvalue weighted by atomic mass is 16.6. The molecule has 0 unspecified atom stereocenters. The highest BCUT2D eigenvalue weighted by Crippen LogP contribution is 2.40. The molecule has 0 aliphatic heterocycles. The fourth-order valence-corrected chi connectivity index (χ4v) is 3.65. The average Bonchev–Trinajstić information content (AvgIpc) is 3.00. The molecular weight excluding hydrogens is 364 g/mol. The van der Waals surface area contributed by atoms with E-state index in [9.17, 15) is 4.79 Å². The second kappa shape index (κ2) is 7.47. The number of carbonyl (C=O) groups is 1. The Hall–Kier alpha value is -2.95. The summed E-state index contributed by atoms with van der Waals surface area (Å²) in [5.74, 6) is 1.41. The number of anilines is 1. The molecule has 0 spiro atoms. The minimum atomic E-state index is -0.528. The highest BCUT2D eigenvalue weighted by Gasteiger charge is 2.32. The van der Waals surface area contributed by atoms with E-state index in [4.69, 9.17) is 9.47 Å². The first-order valence-electron chi connectivity index (χ1n) is 10.1. The van der Waals surface area contributed by atoms with Gasteiger partial charge in [-0.05, 0) is 76.3 Å². The zero-order valence-electron chi connectivity index (χ0n) is 17.4. The van der Waals surface area contributed by atoms with Crippen LogP contribution in [0.2, 0.25) is 0 Å². The Morgan fingerprint density at radius 2 is 1.83 bits per heavy atom. The Labute approximate surface area is 171 Å². The molecule has 0 bridgehead atoms. The van der Waals surface area contributed by atoms with Crippen molar-refractivity contribution < 1.29 is 14.3 Å². The number of benzene rings is 2. The summed E-state index contributed by atoms with van der Waals surface area (Å²) in [5, 5.41) is 3.85. The van der Waals surface area contributed by atoms with Crippen molar-refractivity contribution in [2.45, 2.75) is 58.2 Å². The van der Waals surface area contributed by atoms with E-state index in [1.807, 2.05) is 39.1 Å². The SMILES string of the molecule is Cc1ccc(O[C@H]2C[C@H](c3ccc4[nH]cc(NC(=O)OC(C)(C)C)c4c3)C2)cc1. The van der Waals surface area contributed by atoms with E-state index in [1.165, 1.54) is 11.1 Å². The van der Waals surface area contributed by atoms with Crippen molar-refractivity contribution >= 4 is 22.7 Å². The predicted octanol–water partition coefficient (Wildman–Crippen LogP) is 6.15. The van der Waals surface area contributed by atoms with Gasteiger partial charge in [0.1, 0.15) is 11.4 Å². The molecule has 5 nitrogen and oxygen atoms in total. The second-order valence-corrected chi connectivity index (χ2v) is 8.86. The van der Waals surface area contributed by atoms with E-state index in [0.717, 1.165) is 35.2 Å². The van der Waals surface area contributed by atoms with Crippen LogP contribution < -0.4 is 10.1 Å². The molecule has 1 aromatic heterocycles. The number of hydrogen-bond donors (Lipinski definition) is 2. The summed E-state index contributed by atoms with van der Waals surface area (Å²) in [4.78, 5) is 15.3. The number of rotatable bonds is 4. The maximum absolute atomic E-state index is 12.1. The van der Waals surface area contributed by atoms with Crippen LogP contribution in [-0.2, 0) is 4.74 Å². The van der Waals surface area contributed by atoms with Crippen LogP contribution in [-0.4, -0.2) is 22.8 Å². The Morgan fingerprint density at radius 1 is 1.10 bits per heavy atom. The maximum atomic E-state index is 12.1. The number of aromatic amines is 1. The van der Waals surface area contributed by atoms with Gasteiger partial charge in [-0.3, -0.25) is 5.32 Å². The standard InChI is InChI=1S/C24H28N2O3/c1-15-5-8-18(9-6-15)28-19-11-17(12-19)16-7-10-21-20(13-16)22(14-25-21)26-23(27)29-24(2,3)4/h5-10,13-14,17,19,25H,11-12H2,1-4H3,(H,26,27)/t17-,19-. The largest absolute Gasteiger partial charge is 0.490 e. The molecule has 0 saturated heterocycles. The van der Waals surface area contributed by atoms with Crippen LogP contribution in [0.3, 0.4) is 0 Å². The number of aryl methyl sites for hydroxylation is 1. The van der Waals surface area contributed by atoms with E-state index < -0.39 is 11.7 Å². The Morgan fingerprint density at radius 3 is 2.52 bits per heavy atom. The molecule has 1 aliphatic carbocycles. The summed E-state index contributed by atoms with van der Waals surface area (Å²) in [6.45, 7) is 7.63. The van der Waals surface area contributed by atoms with Crippen LogP contribution in [0, 0.1) is 6.92 Å². The summed E-state index contributed by atoms with van der Waals surface area (Å²) in [6.07, 6.45) is 3.61. The van der Waals surface area contributed by atoms with Crippen LogP contribution in [0.25, 0.3) is 10.9 Å². The second-order valence-electron chi connectivity index (χ2n) is 8.86. The lowest BCUT2D eigenvalue weighted by molar-refractivity contribution is 0.0636. The molecule has 2 N–H and O–H groups in total. The van der Waals surface area contributed by atoms with Gasteiger partial charge in [0.05, 0.1) is 11.8 Å². The zero-order chi connectivity index (χ0) is 20.6. The number of carbonyl (C=O) groups excluding carboxylic acids is 1. The lowest BCUT2D eigenvalue weighted by Crippen LogP contribution is -2.32. The Kier molecular flexibility index (Phi) is 4.99. The van der Waals surface area contributed by atoms with Crippen molar-refractivity contribution in [3.63, 3.8) is 0 Å². The molecule has 1 amide bonds. The lowest BCUT2D eigenvalue weighted by Gasteiger charge is -2.35. The van der Waals surface area contributed by atoms with Gasteiger partial charge in [-0.1, -0.05) is 23.8 Å². The van der Waals surface area contributed by atoms with E-state index in [2.05, 4.69) is 47.6 Å². The van der Waals surface area contributed by atoms with Gasteiger partial charge in [0.25, 0.3) is 0 Å². The van der Waals surface area contributed by atoms with Crippen molar-refractivity contribution in [2.24, 2.45) is 0 Å². The molecule has 1 saturated carbocycles. The van der Waals surface area contributed by atoms with E-state index in [1.54, 1.807) is 0 Å². The molecule has 5 heteroatoms. The third-order valence-corrected chi connectivity index (χ3v) is 5.23. The summed E-state index contributed by atoms with van der Waals surface area (Å²) >= 11 is 0. The van der Waals surface area contributed by atoms with Crippen molar-refractivity contribution in [1.29, 1.82) is 0 Å². The smallest absolute Gasteiger partial charge is 0.412 e. The topological polar surface area (TPSA) is 63.3 Å². The van der Waals surface area contributed by atoms with E-state index >= 15 is 0 Å². The van der Waals surface area contributed by atoms with Crippen molar-refractivity contribution in [1.82, 2.24) is 4.98 Å². The fraction of sp³-hybridized carbons (Fsp3) is 0.375. The van der Waals surface area contributed by atoms with E-state index in [-0.39, 0.29) is 6.10 Å². The number of amides is 1. The summed E-state index contributed by atoms with van der Waals surface area (Å²) in [6, 6.07) is 14.6. The normalized spacial score (nSPS) is 18.9. The Bertz CT molecular complexity index is 1010. The van der Waals surface area contributed by atoms with Gasteiger partial charge in [-0.2, -0.15) is 0 Å². The molecule has 4 rings (SSSR count). The number of H-pyrrole nitrogens is 1. The van der Waals surface area contributed by atoms with Gasteiger partial charge in [-0.15, -0.1) is 0 Å². The lowest BCUT2D eigenvalue weighted by atomic mass is 9.77. The molecular formula is C24H28N2O3. The minimum absolute atomic E-state index is 0.254. The first-order chi connectivity index (χ1) is 13.8. The molecule has 0 atom stereocenters. The molecule has 2 aromatic carbocycles. The Balaban J connectivity index is 1.41. The number of aromatic nitrogens is 1. The molecule has 1 heterocycles. The van der Waals surface area contributed by atoms with Crippen LogP contribution in [0.1, 0.15) is 50.7 Å². The van der Waals surface area contributed by atoms with Gasteiger partial charge < -0.3 is 14.5 Å². The number of fused-ring (bicyclic) bond motifs is 1. The zero-order valence-corrected chi connectivity index (χ0v) is 17.4. The minimum Gasteiger partial charge on any atom is -0.490 e. The highest BCUT2D eigenvalue weighted by molar-refractivity contribution is 5.99. The van der Waals surface area contributed by atoms with Crippen molar-refractivity contribution in [3.8, 4) is 5.75 Å². The van der Waals surface area contributed by atoms with Gasteiger partial charge in [0.15, 0.2) is 0 Å². The first kappa shape index (κ1) is 19.4. The average molecular weight is 392 g/mol. The van der Waals surface area contributed by atoms with Crippen molar-refractivity contribution in [3.05, 3.63) is 59.8 Å². The quantitative estimate of drug-likeness (QED) is 0.560. The third-order valence-electron chi connectivity index (χ3n) is 5.23. The maximum Gasteiger partial charge on any atom is 0.412 e. The molecule has 1 aliphatic rings. The first-order valence-corrected chi connectivity index (χ1v) is 10.1. The molecule has 3 aromatic rings. The summed E-state index contributed by atoms with van der Waals surface area (Å²) in [7, 11) is 0. The summed E-state index contributed by atoms with van der Waals surface area (Å²) in [5.41, 5.74) is 3.71. The summed E-state index contributed by atoms with van der Waals surface area (Å²) < 4.78 is 11.4. The fourth-order valence-electron chi connectivity index (χ4n) is 3.65. The van der Waals surface area contributed by atoms with E-state index in [0.29, 0.717) is 5.92 Å². The van der Waals surface area contributed by atoms with Crippen LogP contribution in [0.15, 0.2) is 48.7 Å². The van der Waals surface area contributed by atoms with Gasteiger partial charge in [0, 0.05) is 17.1 Å². The monoisotopic (exact) mass is 392 g/mol. The van der Waals surface area contributed by atoms with Gasteiger partial charge in [0.2, 0.25) is 0 Å². The molecule has 1 fully saturated rings. The van der Waals surface area contributed by atoms with Gasteiger partial charge >= 0.3 is 6.09 Å². The molecule has 29 heavy (non-hydrogen) atoms. The number of ether oxygens (including phenoxy) is 2. The number of nitrogens with one attached hydrogen (secondary N) is 2.